The van der Waals surface area contributed by atoms with Gasteiger partial charge in [-0.25, -0.2) is 8.78 Å². The highest BCUT2D eigenvalue weighted by Gasteiger charge is 2.35. The predicted octanol–water partition coefficient (Wildman–Crippen LogP) is 6.42. The van der Waals surface area contributed by atoms with Crippen LogP contribution in [0.5, 0.6) is 0 Å². The van der Waals surface area contributed by atoms with E-state index in [0.29, 0.717) is 0 Å². The van der Waals surface area contributed by atoms with Crippen LogP contribution in [-0.2, 0) is 18.4 Å². The first-order chi connectivity index (χ1) is 13.5. The Bertz CT molecular complexity index is 836. The zero-order valence-electron chi connectivity index (χ0n) is 16.7. The van der Waals surface area contributed by atoms with E-state index in [0.717, 1.165) is 62.0 Å². The minimum Gasteiger partial charge on any atom is -0.385 e. The molecule has 1 fully saturated rings. The van der Waals surface area contributed by atoms with Gasteiger partial charge in [0.25, 0.3) is 0 Å². The molecule has 0 aliphatic heterocycles. The minimum atomic E-state index is -0.786. The fraction of sp³-hybridized carbons (Fsp3) is 0.520. The van der Waals surface area contributed by atoms with E-state index in [4.69, 9.17) is 0 Å². The Labute approximate surface area is 166 Å². The van der Waals surface area contributed by atoms with Gasteiger partial charge < -0.3 is 5.11 Å². The fourth-order valence-corrected chi connectivity index (χ4v) is 5.24. The number of aryl methyl sites for hydroxylation is 1. The molecule has 1 saturated carbocycles. The van der Waals surface area contributed by atoms with Crippen molar-refractivity contribution in [3.8, 4) is 0 Å². The standard InChI is InChI=1S/C25H30F2O/c1-2-3-17-10-12-25(28,13-11-17)22-8-6-19-14-18(4-5-20(19)15-22)21-7-9-23(26)24(27)16-21/h6-9,15-18,28H,2-5,10-14H2,1H3. The molecule has 0 saturated heterocycles. The average molecular weight is 385 g/mol. The van der Waals surface area contributed by atoms with Crippen molar-refractivity contribution < 1.29 is 13.9 Å². The summed E-state index contributed by atoms with van der Waals surface area (Å²) in [7, 11) is 0. The van der Waals surface area contributed by atoms with E-state index in [-0.39, 0.29) is 5.92 Å². The van der Waals surface area contributed by atoms with Crippen LogP contribution >= 0.6 is 0 Å². The lowest BCUT2D eigenvalue weighted by Gasteiger charge is -2.37. The van der Waals surface area contributed by atoms with Gasteiger partial charge in [0.2, 0.25) is 0 Å². The van der Waals surface area contributed by atoms with Gasteiger partial charge in [0.15, 0.2) is 11.6 Å². The molecule has 28 heavy (non-hydrogen) atoms. The highest BCUT2D eigenvalue weighted by molar-refractivity contribution is 5.39. The summed E-state index contributed by atoms with van der Waals surface area (Å²) in [4.78, 5) is 0. The van der Waals surface area contributed by atoms with Crippen molar-refractivity contribution in [2.24, 2.45) is 5.92 Å². The van der Waals surface area contributed by atoms with E-state index < -0.39 is 17.2 Å². The van der Waals surface area contributed by atoms with Crippen LogP contribution in [0.2, 0.25) is 0 Å². The topological polar surface area (TPSA) is 20.2 Å². The Morgan fingerprint density at radius 1 is 0.964 bits per heavy atom. The Balaban J connectivity index is 1.49. The lowest BCUT2D eigenvalue weighted by Crippen LogP contribution is -2.32. The van der Waals surface area contributed by atoms with Crippen LogP contribution in [0, 0.1) is 17.6 Å². The van der Waals surface area contributed by atoms with Crippen LogP contribution in [-0.4, -0.2) is 5.11 Å². The summed E-state index contributed by atoms with van der Waals surface area (Å²) in [6.07, 6.45) is 9.12. The SMILES string of the molecule is CCCC1CCC(O)(c2ccc3c(c2)CCC(c2ccc(F)c(F)c2)C3)CC1. The second kappa shape index (κ2) is 7.94. The summed E-state index contributed by atoms with van der Waals surface area (Å²) in [5.74, 6) is -0.563. The Kier molecular flexibility index (Phi) is 5.55. The Hall–Kier alpha value is -1.74. The monoisotopic (exact) mass is 384 g/mol. The zero-order valence-corrected chi connectivity index (χ0v) is 16.7. The van der Waals surface area contributed by atoms with E-state index in [9.17, 15) is 13.9 Å². The first-order valence-electron chi connectivity index (χ1n) is 10.8. The quantitative estimate of drug-likeness (QED) is 0.645. The van der Waals surface area contributed by atoms with Crippen molar-refractivity contribution in [3.05, 3.63) is 70.3 Å². The van der Waals surface area contributed by atoms with E-state index in [1.165, 1.54) is 36.1 Å². The van der Waals surface area contributed by atoms with Crippen LogP contribution in [0.3, 0.4) is 0 Å². The molecule has 1 atom stereocenters. The number of hydrogen-bond acceptors (Lipinski definition) is 1. The fourth-order valence-electron chi connectivity index (χ4n) is 5.24. The maximum Gasteiger partial charge on any atom is 0.159 e. The van der Waals surface area contributed by atoms with E-state index >= 15 is 0 Å². The van der Waals surface area contributed by atoms with Crippen molar-refractivity contribution in [2.75, 3.05) is 0 Å². The molecule has 2 aliphatic rings. The maximum absolute atomic E-state index is 13.6. The van der Waals surface area contributed by atoms with Crippen LogP contribution in [0.25, 0.3) is 0 Å². The largest absolute Gasteiger partial charge is 0.385 e. The Morgan fingerprint density at radius 3 is 2.46 bits per heavy atom. The molecule has 2 aromatic carbocycles. The molecule has 0 heterocycles. The predicted molar refractivity (Wildman–Crippen MR) is 108 cm³/mol. The van der Waals surface area contributed by atoms with Crippen molar-refractivity contribution in [3.63, 3.8) is 0 Å². The van der Waals surface area contributed by atoms with E-state index in [2.05, 4.69) is 25.1 Å². The normalized spacial score (nSPS) is 27.4. The average Bonchev–Trinajstić information content (AvgIpc) is 2.71. The lowest BCUT2D eigenvalue weighted by molar-refractivity contribution is -0.0153. The molecule has 1 nitrogen and oxygen atoms in total. The van der Waals surface area contributed by atoms with Crippen LogP contribution in [0.1, 0.15) is 80.0 Å². The van der Waals surface area contributed by atoms with Gasteiger partial charge in [0.05, 0.1) is 5.60 Å². The molecule has 1 N–H and O–H groups in total. The van der Waals surface area contributed by atoms with Gasteiger partial charge in [-0.2, -0.15) is 0 Å². The molecule has 0 bridgehead atoms. The second-order valence-electron chi connectivity index (χ2n) is 8.86. The molecule has 0 amide bonds. The van der Waals surface area contributed by atoms with Crippen molar-refractivity contribution in [1.29, 1.82) is 0 Å². The third kappa shape index (κ3) is 3.87. The molecule has 1 unspecified atom stereocenters. The summed E-state index contributed by atoms with van der Waals surface area (Å²) in [5, 5.41) is 11.2. The lowest BCUT2D eigenvalue weighted by atomic mass is 9.72. The number of benzene rings is 2. The first kappa shape index (κ1) is 19.6. The van der Waals surface area contributed by atoms with E-state index in [1.54, 1.807) is 6.07 Å². The minimum absolute atomic E-state index is 0.223. The molecule has 0 aromatic heterocycles. The first-order valence-corrected chi connectivity index (χ1v) is 10.8. The summed E-state index contributed by atoms with van der Waals surface area (Å²) in [6.45, 7) is 2.23. The van der Waals surface area contributed by atoms with Crippen LogP contribution in [0.15, 0.2) is 36.4 Å². The molecular formula is C25H30F2O. The highest BCUT2D eigenvalue weighted by Crippen LogP contribution is 2.42. The van der Waals surface area contributed by atoms with Gasteiger partial charge in [-0.1, -0.05) is 44.0 Å². The number of fused-ring (bicyclic) bond motifs is 1. The summed E-state index contributed by atoms with van der Waals surface area (Å²) in [5.41, 5.74) is 3.83. The van der Waals surface area contributed by atoms with Crippen molar-refractivity contribution in [1.82, 2.24) is 0 Å². The second-order valence-corrected chi connectivity index (χ2v) is 8.86. The number of aliphatic hydroxyl groups is 1. The maximum atomic E-state index is 13.6. The molecule has 4 rings (SSSR count). The van der Waals surface area contributed by atoms with Gasteiger partial charge in [0, 0.05) is 0 Å². The summed E-state index contributed by atoms with van der Waals surface area (Å²) < 4.78 is 26.8. The third-order valence-electron chi connectivity index (χ3n) is 7.02. The van der Waals surface area contributed by atoms with Gasteiger partial charge >= 0.3 is 0 Å². The highest BCUT2D eigenvalue weighted by atomic mass is 19.2. The molecule has 0 radical (unpaired) electrons. The van der Waals surface area contributed by atoms with Crippen molar-refractivity contribution >= 4 is 0 Å². The van der Waals surface area contributed by atoms with Gasteiger partial charge in [0.1, 0.15) is 0 Å². The molecule has 3 heteroatoms. The molecule has 150 valence electrons. The molecule has 0 spiro atoms. The molecule has 2 aliphatic carbocycles. The van der Waals surface area contributed by atoms with Gasteiger partial charge in [-0.15, -0.1) is 0 Å². The summed E-state index contributed by atoms with van der Waals surface area (Å²) in [6, 6.07) is 10.7. The molecular weight excluding hydrogens is 354 g/mol. The number of rotatable bonds is 4. The Morgan fingerprint density at radius 2 is 1.75 bits per heavy atom. The van der Waals surface area contributed by atoms with Crippen molar-refractivity contribution in [2.45, 2.75) is 76.2 Å². The smallest absolute Gasteiger partial charge is 0.159 e. The third-order valence-corrected chi connectivity index (χ3v) is 7.02. The van der Waals surface area contributed by atoms with Crippen LogP contribution < -0.4 is 0 Å². The summed E-state index contributed by atoms with van der Waals surface area (Å²) >= 11 is 0. The number of halogens is 2. The van der Waals surface area contributed by atoms with Crippen LogP contribution in [0.4, 0.5) is 8.78 Å². The zero-order chi connectivity index (χ0) is 19.7. The van der Waals surface area contributed by atoms with E-state index in [1.807, 2.05) is 0 Å². The molecule has 2 aromatic rings. The number of hydrogen-bond donors (Lipinski definition) is 1. The van der Waals surface area contributed by atoms with Gasteiger partial charge in [-0.3, -0.25) is 0 Å². The van der Waals surface area contributed by atoms with Gasteiger partial charge in [-0.05, 0) is 91.2 Å².